The highest BCUT2D eigenvalue weighted by atomic mass is 127. The molecule has 16 heavy (non-hydrogen) atoms. The maximum absolute atomic E-state index is 6.06. The number of nitrogen functional groups attached to an aromatic ring is 1. The third-order valence-electron chi connectivity index (χ3n) is 4.11. The molecule has 2 fully saturated rings. The van der Waals surface area contributed by atoms with Gasteiger partial charge in [0.05, 0.1) is 15.8 Å². The van der Waals surface area contributed by atoms with E-state index in [9.17, 15) is 0 Å². The normalized spacial score (nSPS) is 30.6. The summed E-state index contributed by atoms with van der Waals surface area (Å²) >= 11 is 2.26. The Hall–Kier alpha value is -0.260. The molecule has 0 aliphatic heterocycles. The molecule has 0 aromatic carbocycles. The Morgan fingerprint density at radius 2 is 2.06 bits per heavy atom. The van der Waals surface area contributed by atoms with Crippen LogP contribution in [0.5, 0.6) is 0 Å². The molecule has 0 amide bonds. The van der Waals surface area contributed by atoms with Crippen molar-refractivity contribution in [3.05, 3.63) is 9.77 Å². The van der Waals surface area contributed by atoms with Gasteiger partial charge in [0, 0.05) is 0 Å². The summed E-state index contributed by atoms with van der Waals surface area (Å²) in [5, 5.41) is 4.44. The van der Waals surface area contributed by atoms with Gasteiger partial charge in [-0.05, 0) is 60.1 Å². The Labute approximate surface area is 110 Å². The standard InChI is InChI=1S/C12H18IN3/c13-11-7-15-16(12(11)14)10-3-1-2-9(6-10)8-4-5-8/h7-10H,1-6,14H2. The van der Waals surface area contributed by atoms with Crippen molar-refractivity contribution in [1.82, 2.24) is 9.78 Å². The lowest BCUT2D eigenvalue weighted by Crippen LogP contribution is -2.22. The van der Waals surface area contributed by atoms with Crippen LogP contribution in [0.15, 0.2) is 6.20 Å². The summed E-state index contributed by atoms with van der Waals surface area (Å²) in [6, 6.07) is 0.558. The smallest absolute Gasteiger partial charge is 0.135 e. The Balaban J connectivity index is 1.76. The molecule has 0 spiro atoms. The highest BCUT2D eigenvalue weighted by molar-refractivity contribution is 14.1. The number of nitrogens with two attached hydrogens (primary N) is 1. The summed E-state index contributed by atoms with van der Waals surface area (Å²) in [6.45, 7) is 0. The van der Waals surface area contributed by atoms with Crippen LogP contribution < -0.4 is 5.73 Å². The average molecular weight is 331 g/mol. The van der Waals surface area contributed by atoms with Crippen molar-refractivity contribution < 1.29 is 0 Å². The molecule has 2 N–H and O–H groups in total. The van der Waals surface area contributed by atoms with Crippen LogP contribution in [0.1, 0.15) is 44.6 Å². The first-order valence-electron chi connectivity index (χ1n) is 6.24. The molecule has 2 atom stereocenters. The summed E-state index contributed by atoms with van der Waals surface area (Å²) in [6.07, 6.45) is 10.1. The molecule has 2 aliphatic carbocycles. The Kier molecular flexibility index (Phi) is 2.85. The SMILES string of the molecule is Nc1c(I)cnn1C1CCCC(C2CC2)C1. The van der Waals surface area contributed by atoms with Crippen molar-refractivity contribution in [3.63, 3.8) is 0 Å². The Morgan fingerprint density at radius 1 is 1.25 bits per heavy atom. The zero-order chi connectivity index (χ0) is 11.1. The van der Waals surface area contributed by atoms with Crippen LogP contribution in [0.4, 0.5) is 5.82 Å². The van der Waals surface area contributed by atoms with E-state index in [1.807, 2.05) is 6.20 Å². The number of nitrogens with zero attached hydrogens (tertiary/aromatic N) is 2. The summed E-state index contributed by atoms with van der Waals surface area (Å²) in [5.41, 5.74) is 6.06. The predicted molar refractivity (Wildman–Crippen MR) is 73.1 cm³/mol. The number of anilines is 1. The second kappa shape index (κ2) is 4.20. The number of aromatic nitrogens is 2. The van der Waals surface area contributed by atoms with Crippen molar-refractivity contribution in [2.75, 3.05) is 5.73 Å². The fourth-order valence-electron chi connectivity index (χ4n) is 3.06. The van der Waals surface area contributed by atoms with Crippen molar-refractivity contribution in [1.29, 1.82) is 0 Å². The predicted octanol–water partition coefficient (Wildman–Crippen LogP) is 3.21. The fraction of sp³-hybridized carbons (Fsp3) is 0.750. The maximum Gasteiger partial charge on any atom is 0.135 e. The topological polar surface area (TPSA) is 43.8 Å². The van der Waals surface area contributed by atoms with E-state index in [0.29, 0.717) is 6.04 Å². The summed E-state index contributed by atoms with van der Waals surface area (Å²) < 4.78 is 3.15. The van der Waals surface area contributed by atoms with Gasteiger partial charge in [-0.25, -0.2) is 4.68 Å². The van der Waals surface area contributed by atoms with Crippen molar-refractivity contribution in [2.24, 2.45) is 11.8 Å². The second-order valence-corrected chi connectivity index (χ2v) is 6.40. The number of rotatable bonds is 2. The number of hydrogen-bond donors (Lipinski definition) is 1. The van der Waals surface area contributed by atoms with E-state index >= 15 is 0 Å². The van der Waals surface area contributed by atoms with Crippen LogP contribution in [-0.2, 0) is 0 Å². The molecule has 1 aromatic rings. The molecule has 3 nitrogen and oxygen atoms in total. The molecule has 1 aromatic heterocycles. The molecule has 0 saturated heterocycles. The fourth-order valence-corrected chi connectivity index (χ4v) is 3.43. The van der Waals surface area contributed by atoms with Crippen LogP contribution in [0.3, 0.4) is 0 Å². The van der Waals surface area contributed by atoms with Crippen LogP contribution in [0.2, 0.25) is 0 Å². The second-order valence-electron chi connectivity index (χ2n) is 5.24. The van der Waals surface area contributed by atoms with Crippen LogP contribution in [-0.4, -0.2) is 9.78 Å². The monoisotopic (exact) mass is 331 g/mol. The largest absolute Gasteiger partial charge is 0.383 e. The molecule has 0 bridgehead atoms. The molecule has 0 radical (unpaired) electrons. The molecule has 2 saturated carbocycles. The molecular formula is C12H18IN3. The zero-order valence-corrected chi connectivity index (χ0v) is 11.6. The zero-order valence-electron chi connectivity index (χ0n) is 9.40. The Bertz CT molecular complexity index is 384. The van der Waals surface area contributed by atoms with Crippen molar-refractivity contribution in [3.8, 4) is 0 Å². The van der Waals surface area contributed by atoms with Gasteiger partial charge in [-0.15, -0.1) is 0 Å². The molecule has 2 unspecified atom stereocenters. The minimum Gasteiger partial charge on any atom is -0.383 e. The van der Waals surface area contributed by atoms with Crippen molar-refractivity contribution >= 4 is 28.4 Å². The first kappa shape index (κ1) is 10.9. The van der Waals surface area contributed by atoms with Gasteiger partial charge < -0.3 is 5.73 Å². The first-order chi connectivity index (χ1) is 7.75. The third kappa shape index (κ3) is 1.96. The highest BCUT2D eigenvalue weighted by Crippen LogP contribution is 2.46. The third-order valence-corrected chi connectivity index (χ3v) is 4.94. The van der Waals surface area contributed by atoms with Gasteiger partial charge in [0.25, 0.3) is 0 Å². The van der Waals surface area contributed by atoms with E-state index in [1.54, 1.807) is 0 Å². The average Bonchev–Trinajstić information content (AvgIpc) is 3.08. The van der Waals surface area contributed by atoms with E-state index in [2.05, 4.69) is 32.4 Å². The molecular weight excluding hydrogens is 313 g/mol. The van der Waals surface area contributed by atoms with Gasteiger partial charge in [-0.3, -0.25) is 0 Å². The molecule has 1 heterocycles. The van der Waals surface area contributed by atoms with E-state index in [4.69, 9.17) is 5.73 Å². The lowest BCUT2D eigenvalue weighted by molar-refractivity contribution is 0.234. The van der Waals surface area contributed by atoms with Crippen molar-refractivity contribution in [2.45, 2.75) is 44.6 Å². The summed E-state index contributed by atoms with van der Waals surface area (Å²) in [4.78, 5) is 0. The first-order valence-corrected chi connectivity index (χ1v) is 7.32. The number of halogens is 1. The van der Waals surface area contributed by atoms with Gasteiger partial charge >= 0.3 is 0 Å². The van der Waals surface area contributed by atoms with Gasteiger partial charge in [0.2, 0.25) is 0 Å². The minimum atomic E-state index is 0.558. The van der Waals surface area contributed by atoms with E-state index in [-0.39, 0.29) is 0 Å². The summed E-state index contributed by atoms with van der Waals surface area (Å²) in [7, 11) is 0. The van der Waals surface area contributed by atoms with E-state index < -0.39 is 0 Å². The van der Waals surface area contributed by atoms with Gasteiger partial charge in [0.15, 0.2) is 0 Å². The van der Waals surface area contributed by atoms with E-state index in [0.717, 1.165) is 21.2 Å². The number of hydrogen-bond acceptors (Lipinski definition) is 2. The van der Waals surface area contributed by atoms with Crippen LogP contribution in [0.25, 0.3) is 0 Å². The van der Waals surface area contributed by atoms with Gasteiger partial charge in [-0.1, -0.05) is 12.8 Å². The maximum atomic E-state index is 6.06. The minimum absolute atomic E-state index is 0.558. The molecule has 88 valence electrons. The van der Waals surface area contributed by atoms with Crippen LogP contribution >= 0.6 is 22.6 Å². The molecule has 2 aliphatic rings. The Morgan fingerprint density at radius 3 is 2.69 bits per heavy atom. The summed E-state index contributed by atoms with van der Waals surface area (Å²) in [5.74, 6) is 2.83. The quantitative estimate of drug-likeness (QED) is 0.846. The lowest BCUT2D eigenvalue weighted by Gasteiger charge is -2.29. The highest BCUT2D eigenvalue weighted by Gasteiger charge is 2.35. The van der Waals surface area contributed by atoms with Crippen LogP contribution in [0, 0.1) is 15.4 Å². The van der Waals surface area contributed by atoms with E-state index in [1.165, 1.54) is 38.5 Å². The lowest BCUT2D eigenvalue weighted by atomic mass is 9.83. The van der Waals surface area contributed by atoms with Gasteiger partial charge in [0.1, 0.15) is 5.82 Å². The van der Waals surface area contributed by atoms with Gasteiger partial charge in [-0.2, -0.15) is 5.10 Å². The molecule has 3 rings (SSSR count). The molecule has 4 heteroatoms.